The molecule has 0 aliphatic rings. The fraction of sp³-hybridized carbons (Fsp3) is 0.909. The number of carbonyl (C=O) groups is 1. The monoisotopic (exact) mass is 1230 g/mol. The highest BCUT2D eigenvalue weighted by Crippen LogP contribution is 2.38. The lowest BCUT2D eigenvalue weighted by molar-refractivity contribution is -0.870. The van der Waals surface area contributed by atoms with Crippen molar-refractivity contribution in [1.82, 2.24) is 5.32 Å². The van der Waals surface area contributed by atoms with Crippen LogP contribution in [0.4, 0.5) is 0 Å². The number of phosphoric ester groups is 1. The van der Waals surface area contributed by atoms with Gasteiger partial charge in [0.1, 0.15) is 13.2 Å². The molecule has 0 heterocycles. The molecule has 2 N–H and O–H groups in total. The van der Waals surface area contributed by atoms with Crippen LogP contribution in [0.15, 0.2) is 36.5 Å². The van der Waals surface area contributed by atoms with Crippen molar-refractivity contribution in [3.63, 3.8) is 0 Å². The molecule has 0 aliphatic carbocycles. The second-order valence-electron chi connectivity index (χ2n) is 27.7. The second-order valence-corrected chi connectivity index (χ2v) is 29.1. The summed E-state index contributed by atoms with van der Waals surface area (Å²) >= 11 is 0. The van der Waals surface area contributed by atoms with Crippen molar-refractivity contribution >= 4 is 13.7 Å². The zero-order valence-electron chi connectivity index (χ0n) is 58.5. The fourth-order valence-corrected chi connectivity index (χ4v) is 12.6. The highest BCUT2D eigenvalue weighted by atomic mass is 31.2. The molecule has 510 valence electrons. The molecule has 0 spiro atoms. The van der Waals surface area contributed by atoms with Crippen molar-refractivity contribution in [3.8, 4) is 0 Å². The van der Waals surface area contributed by atoms with E-state index in [9.17, 15) is 19.4 Å². The molecule has 3 atom stereocenters. The topological polar surface area (TPSA) is 108 Å². The number of aliphatic hydroxyl groups is 1. The first-order valence-corrected chi connectivity index (χ1v) is 39.8. The number of quaternary nitrogens is 1. The molecule has 0 radical (unpaired) electrons. The number of hydrogen-bond donors (Lipinski definition) is 2. The van der Waals surface area contributed by atoms with Crippen LogP contribution in [0.3, 0.4) is 0 Å². The Hall–Kier alpha value is -1.28. The summed E-state index contributed by atoms with van der Waals surface area (Å²) in [6.07, 6.45) is 91.7. The predicted octanol–water partition coefficient (Wildman–Crippen LogP) is 24.2. The Balaban J connectivity index is 4.00. The van der Waals surface area contributed by atoms with Crippen LogP contribution < -0.4 is 10.2 Å². The van der Waals surface area contributed by atoms with Crippen LogP contribution in [0.5, 0.6) is 0 Å². The highest BCUT2D eigenvalue weighted by molar-refractivity contribution is 7.45. The largest absolute Gasteiger partial charge is 0.756 e. The normalized spacial score (nSPS) is 13.7. The molecular formula is C77H151N2O6P. The lowest BCUT2D eigenvalue weighted by Crippen LogP contribution is -2.45. The Morgan fingerprint density at radius 2 is 0.651 bits per heavy atom. The minimum Gasteiger partial charge on any atom is -0.756 e. The van der Waals surface area contributed by atoms with E-state index in [0.29, 0.717) is 17.4 Å². The number of nitrogens with zero attached hydrogens (tertiary/aromatic N) is 1. The third-order valence-corrected chi connectivity index (χ3v) is 18.8. The van der Waals surface area contributed by atoms with E-state index >= 15 is 0 Å². The van der Waals surface area contributed by atoms with Crippen molar-refractivity contribution in [3.05, 3.63) is 36.5 Å². The fourth-order valence-electron chi connectivity index (χ4n) is 11.9. The van der Waals surface area contributed by atoms with Crippen LogP contribution in [0.2, 0.25) is 0 Å². The van der Waals surface area contributed by atoms with Gasteiger partial charge in [-0.05, 0) is 44.9 Å². The van der Waals surface area contributed by atoms with E-state index in [0.717, 1.165) is 44.9 Å². The molecule has 0 aromatic heterocycles. The van der Waals surface area contributed by atoms with Gasteiger partial charge in [0.25, 0.3) is 7.82 Å². The maximum absolute atomic E-state index is 13.1. The molecule has 1 amide bonds. The number of carbonyl (C=O) groups excluding carboxylic acids is 1. The number of phosphoric acid groups is 1. The smallest absolute Gasteiger partial charge is 0.268 e. The SMILES string of the molecule is CCCCCCCCCCCCCCCCCCCC/C=C/CC/C=C/CC/C=C/C(O)C(COP(=O)([O-])OCC[N+](C)(C)C)NC(=O)CCCCCCCCCCCCCCCCCCCCCCCCCCCCCCCCCCCCCC. The molecule has 0 saturated carbocycles. The lowest BCUT2D eigenvalue weighted by Gasteiger charge is -2.29. The quantitative estimate of drug-likeness (QED) is 0.0272. The van der Waals surface area contributed by atoms with Gasteiger partial charge in [0.2, 0.25) is 5.91 Å². The number of amides is 1. The van der Waals surface area contributed by atoms with Crippen LogP contribution in [-0.2, 0) is 18.4 Å². The molecule has 0 aromatic rings. The van der Waals surface area contributed by atoms with Crippen molar-refractivity contribution < 1.29 is 32.9 Å². The number of hydrogen-bond acceptors (Lipinski definition) is 6. The van der Waals surface area contributed by atoms with Crippen LogP contribution >= 0.6 is 7.82 Å². The van der Waals surface area contributed by atoms with Crippen LogP contribution in [0, 0.1) is 0 Å². The highest BCUT2D eigenvalue weighted by Gasteiger charge is 2.23. The third kappa shape index (κ3) is 70.2. The van der Waals surface area contributed by atoms with E-state index in [4.69, 9.17) is 9.05 Å². The van der Waals surface area contributed by atoms with E-state index in [1.165, 1.54) is 334 Å². The average Bonchev–Trinajstić information content (AvgIpc) is 3.70. The van der Waals surface area contributed by atoms with Crippen molar-refractivity contribution in [2.45, 2.75) is 411 Å². The molecule has 8 nitrogen and oxygen atoms in total. The van der Waals surface area contributed by atoms with Crippen LogP contribution in [-0.4, -0.2) is 68.5 Å². The molecular weight excluding hydrogens is 1080 g/mol. The summed E-state index contributed by atoms with van der Waals surface area (Å²) in [6.45, 7) is 4.69. The van der Waals surface area contributed by atoms with Crippen LogP contribution in [0.1, 0.15) is 399 Å². The van der Waals surface area contributed by atoms with Gasteiger partial charge in [-0.15, -0.1) is 0 Å². The van der Waals surface area contributed by atoms with Gasteiger partial charge in [0, 0.05) is 6.42 Å². The molecule has 86 heavy (non-hydrogen) atoms. The van der Waals surface area contributed by atoms with Gasteiger partial charge in [-0.25, -0.2) is 0 Å². The van der Waals surface area contributed by atoms with Gasteiger partial charge in [-0.2, -0.15) is 0 Å². The van der Waals surface area contributed by atoms with Gasteiger partial charge < -0.3 is 28.8 Å². The summed E-state index contributed by atoms with van der Waals surface area (Å²) in [6, 6.07) is -0.910. The Morgan fingerprint density at radius 3 is 0.942 bits per heavy atom. The maximum atomic E-state index is 13.1. The Morgan fingerprint density at radius 1 is 0.395 bits per heavy atom. The second kappa shape index (κ2) is 68.1. The molecule has 0 aromatic carbocycles. The zero-order valence-corrected chi connectivity index (χ0v) is 59.4. The minimum atomic E-state index is -4.62. The summed E-state index contributed by atoms with van der Waals surface area (Å²) < 4.78 is 23.5. The van der Waals surface area contributed by atoms with Gasteiger partial charge >= 0.3 is 0 Å². The molecule has 0 bridgehead atoms. The summed E-state index contributed by atoms with van der Waals surface area (Å²) in [4.78, 5) is 25.7. The number of likely N-dealkylation sites (N-methyl/N-ethyl adjacent to an activating group) is 1. The summed E-state index contributed by atoms with van der Waals surface area (Å²) in [7, 11) is 1.25. The number of aliphatic hydroxyl groups excluding tert-OH is 1. The molecule has 0 saturated heterocycles. The summed E-state index contributed by atoms with van der Waals surface area (Å²) in [5, 5.41) is 14.0. The van der Waals surface area contributed by atoms with E-state index < -0.39 is 26.6 Å². The number of unbranched alkanes of at least 4 members (excludes halogenated alkanes) is 55. The van der Waals surface area contributed by atoms with E-state index in [-0.39, 0.29) is 12.5 Å². The molecule has 9 heteroatoms. The first-order chi connectivity index (χ1) is 42.0. The number of rotatable bonds is 72. The first kappa shape index (κ1) is 84.7. The Bertz CT molecular complexity index is 1500. The van der Waals surface area contributed by atoms with Crippen molar-refractivity contribution in [1.29, 1.82) is 0 Å². The molecule has 0 rings (SSSR count). The van der Waals surface area contributed by atoms with Gasteiger partial charge in [0.15, 0.2) is 0 Å². The first-order valence-electron chi connectivity index (χ1n) is 38.4. The lowest BCUT2D eigenvalue weighted by atomic mass is 10.0. The molecule has 0 aliphatic heterocycles. The van der Waals surface area contributed by atoms with Gasteiger partial charge in [0.05, 0.1) is 39.9 Å². The van der Waals surface area contributed by atoms with E-state index in [1.54, 1.807) is 6.08 Å². The van der Waals surface area contributed by atoms with Crippen molar-refractivity contribution in [2.75, 3.05) is 40.9 Å². The Labute approximate surface area is 537 Å². The zero-order chi connectivity index (χ0) is 62.6. The molecule has 3 unspecified atom stereocenters. The van der Waals surface area contributed by atoms with Crippen LogP contribution in [0.25, 0.3) is 0 Å². The number of nitrogens with one attached hydrogen (secondary N) is 1. The third-order valence-electron chi connectivity index (χ3n) is 17.8. The average molecular weight is 1230 g/mol. The van der Waals surface area contributed by atoms with E-state index in [1.807, 2.05) is 27.2 Å². The van der Waals surface area contributed by atoms with Gasteiger partial charge in [-0.3, -0.25) is 9.36 Å². The summed E-state index contributed by atoms with van der Waals surface area (Å²) in [5.41, 5.74) is 0. The molecule has 0 fully saturated rings. The summed E-state index contributed by atoms with van der Waals surface area (Å²) in [5.74, 6) is -0.203. The maximum Gasteiger partial charge on any atom is 0.268 e. The predicted molar refractivity (Wildman–Crippen MR) is 376 cm³/mol. The van der Waals surface area contributed by atoms with Gasteiger partial charge in [-0.1, -0.05) is 384 Å². The number of allylic oxidation sites excluding steroid dienone is 5. The van der Waals surface area contributed by atoms with E-state index in [2.05, 4.69) is 43.5 Å². The standard InChI is InChI=1S/C77H151N2O6P/c1-6-8-10-12-14-16-18-20-22-24-26-28-30-32-34-36-37-38-39-40-41-42-43-45-47-49-51-53-55-57-59-61-63-65-67-69-71-77(81)78-75(74-85-86(82,83)84-73-72-79(3,4)5)76(80)70-68-66-64-62-60-58-56-54-52-50-48-46-44-35-33-31-29-27-25-23-21-19-17-15-13-11-9-7-2/h52,54,60,62,68,70,75-76,80H,6-51,53,55-59,61,63-67,69,71-74H2,1-5H3,(H-,78,81,82,83)/b54-52+,62-60+,70-68+. The van der Waals surface area contributed by atoms with Crippen molar-refractivity contribution in [2.24, 2.45) is 0 Å². The minimum absolute atomic E-state index is 0.00699. The Kier molecular flexibility index (Phi) is 67.1.